The lowest BCUT2D eigenvalue weighted by Crippen LogP contribution is -2.43. The molecule has 124 valence electrons. The van der Waals surface area contributed by atoms with E-state index in [-0.39, 0.29) is 11.4 Å². The van der Waals surface area contributed by atoms with E-state index in [1.54, 1.807) is 26.0 Å². The number of amides is 1. The predicted octanol–water partition coefficient (Wildman–Crippen LogP) is 1.13. The van der Waals surface area contributed by atoms with Crippen molar-refractivity contribution in [3.8, 4) is 0 Å². The summed E-state index contributed by atoms with van der Waals surface area (Å²) in [5, 5.41) is 4.16. The van der Waals surface area contributed by atoms with Crippen LogP contribution >= 0.6 is 0 Å². The van der Waals surface area contributed by atoms with Gasteiger partial charge in [-0.05, 0) is 51.0 Å². The van der Waals surface area contributed by atoms with E-state index in [0.29, 0.717) is 5.56 Å². The quantitative estimate of drug-likeness (QED) is 0.800. The second-order valence-electron chi connectivity index (χ2n) is 5.51. The largest absolute Gasteiger partial charge is 0.276 e. The van der Waals surface area contributed by atoms with Gasteiger partial charge in [-0.15, -0.1) is 4.83 Å². The molecule has 1 heterocycles. The number of aryl methyl sites for hydroxylation is 4. The van der Waals surface area contributed by atoms with Crippen LogP contribution in [0.4, 0.5) is 0 Å². The average molecular weight is 336 g/mol. The smallest absolute Gasteiger partial charge is 0.257 e. The normalized spacial score (nSPS) is 11.5. The molecule has 0 spiro atoms. The zero-order chi connectivity index (χ0) is 17.2. The van der Waals surface area contributed by atoms with Gasteiger partial charge in [0, 0.05) is 5.69 Å². The highest BCUT2D eigenvalue weighted by molar-refractivity contribution is 7.89. The topological polar surface area (TPSA) is 93.1 Å². The van der Waals surface area contributed by atoms with Crippen LogP contribution in [-0.4, -0.2) is 24.1 Å². The van der Waals surface area contributed by atoms with Crippen molar-refractivity contribution in [2.24, 2.45) is 0 Å². The molecule has 0 aliphatic carbocycles. The molecule has 0 saturated carbocycles. The molecule has 1 aromatic carbocycles. The molecule has 0 radical (unpaired) electrons. The highest BCUT2D eigenvalue weighted by Crippen LogP contribution is 2.15. The summed E-state index contributed by atoms with van der Waals surface area (Å²) in [6.07, 6.45) is 0. The Hall–Kier alpha value is -2.19. The minimum Gasteiger partial charge on any atom is -0.276 e. The van der Waals surface area contributed by atoms with Gasteiger partial charge in [0.25, 0.3) is 15.9 Å². The van der Waals surface area contributed by atoms with E-state index in [2.05, 4.69) is 15.4 Å². The first-order chi connectivity index (χ1) is 10.7. The summed E-state index contributed by atoms with van der Waals surface area (Å²) in [7, 11) is -3.82. The van der Waals surface area contributed by atoms with Gasteiger partial charge in [0.1, 0.15) is 6.54 Å². The van der Waals surface area contributed by atoms with Crippen LogP contribution in [0.5, 0.6) is 0 Å². The maximum atomic E-state index is 12.3. The Kier molecular flexibility index (Phi) is 4.86. The number of nitrogens with zero attached hydrogens (tertiary/aromatic N) is 2. The van der Waals surface area contributed by atoms with Crippen molar-refractivity contribution in [3.63, 3.8) is 0 Å². The third kappa shape index (κ3) is 4.17. The second kappa shape index (κ2) is 6.51. The van der Waals surface area contributed by atoms with Crippen LogP contribution in [-0.2, 0) is 21.4 Å². The van der Waals surface area contributed by atoms with Crippen LogP contribution in [0.25, 0.3) is 0 Å². The maximum absolute atomic E-state index is 12.3. The molecule has 7 nitrogen and oxygen atoms in total. The van der Waals surface area contributed by atoms with E-state index in [9.17, 15) is 13.2 Å². The van der Waals surface area contributed by atoms with E-state index in [1.807, 2.05) is 26.0 Å². The molecule has 23 heavy (non-hydrogen) atoms. The number of rotatable bonds is 5. The SMILES string of the molecule is Cc1ccc(C)c(S(=O)(=O)NNC(=O)Cn2nc(C)cc2C)c1. The molecule has 8 heteroatoms. The van der Waals surface area contributed by atoms with Crippen LogP contribution in [0.2, 0.25) is 0 Å². The monoisotopic (exact) mass is 336 g/mol. The van der Waals surface area contributed by atoms with Crippen LogP contribution in [0.3, 0.4) is 0 Å². The fourth-order valence-corrected chi connectivity index (χ4v) is 3.38. The summed E-state index contributed by atoms with van der Waals surface area (Å²) in [6, 6.07) is 6.95. The minimum absolute atomic E-state index is 0.0605. The van der Waals surface area contributed by atoms with Gasteiger partial charge < -0.3 is 0 Å². The van der Waals surface area contributed by atoms with Crippen LogP contribution in [0, 0.1) is 27.7 Å². The van der Waals surface area contributed by atoms with Gasteiger partial charge in [-0.1, -0.05) is 12.1 Å². The minimum atomic E-state index is -3.82. The molecule has 2 rings (SSSR count). The molecule has 0 saturated heterocycles. The van der Waals surface area contributed by atoms with Crippen molar-refractivity contribution in [3.05, 3.63) is 46.8 Å². The van der Waals surface area contributed by atoms with Crippen molar-refractivity contribution in [2.45, 2.75) is 39.1 Å². The molecule has 1 amide bonds. The lowest BCUT2D eigenvalue weighted by molar-refractivity contribution is -0.122. The Balaban J connectivity index is 2.05. The molecule has 0 unspecified atom stereocenters. The molecular formula is C15H20N4O3S. The zero-order valence-electron chi connectivity index (χ0n) is 13.5. The van der Waals surface area contributed by atoms with E-state index in [1.165, 1.54) is 4.68 Å². The Morgan fingerprint density at radius 2 is 1.87 bits per heavy atom. The number of benzene rings is 1. The summed E-state index contributed by atoms with van der Waals surface area (Å²) in [5.74, 6) is -0.495. The maximum Gasteiger partial charge on any atom is 0.257 e. The molecule has 0 aliphatic heterocycles. The first kappa shape index (κ1) is 17.2. The van der Waals surface area contributed by atoms with Crippen LogP contribution < -0.4 is 10.3 Å². The van der Waals surface area contributed by atoms with Gasteiger partial charge in [-0.3, -0.25) is 14.9 Å². The van der Waals surface area contributed by atoms with Crippen molar-refractivity contribution < 1.29 is 13.2 Å². The molecule has 0 fully saturated rings. The summed E-state index contributed by atoms with van der Waals surface area (Å²) in [5.41, 5.74) is 5.27. The standard InChI is InChI=1S/C15H20N4O3S/c1-10-5-6-11(2)14(7-10)23(21,22)18-16-15(20)9-19-13(4)8-12(3)17-19/h5-8,18H,9H2,1-4H3,(H,16,20). The van der Waals surface area contributed by atoms with Gasteiger partial charge in [0.15, 0.2) is 0 Å². The first-order valence-corrected chi connectivity index (χ1v) is 8.56. The summed E-state index contributed by atoms with van der Waals surface area (Å²) in [6.45, 7) is 7.10. The highest BCUT2D eigenvalue weighted by atomic mass is 32.2. The summed E-state index contributed by atoms with van der Waals surface area (Å²) in [4.78, 5) is 14.2. The predicted molar refractivity (Wildman–Crippen MR) is 86.1 cm³/mol. The van der Waals surface area contributed by atoms with Gasteiger partial charge in [0.2, 0.25) is 0 Å². The Morgan fingerprint density at radius 3 is 2.48 bits per heavy atom. The van der Waals surface area contributed by atoms with Crippen LogP contribution in [0.15, 0.2) is 29.2 Å². The second-order valence-corrected chi connectivity index (χ2v) is 7.16. The summed E-state index contributed by atoms with van der Waals surface area (Å²) >= 11 is 0. The van der Waals surface area contributed by atoms with Gasteiger partial charge >= 0.3 is 0 Å². The number of hydrogen-bond acceptors (Lipinski definition) is 4. The van der Waals surface area contributed by atoms with Gasteiger partial charge in [0.05, 0.1) is 10.6 Å². The zero-order valence-corrected chi connectivity index (χ0v) is 14.4. The number of sulfonamides is 1. The third-order valence-electron chi connectivity index (χ3n) is 3.35. The van der Waals surface area contributed by atoms with Gasteiger partial charge in [-0.25, -0.2) is 8.42 Å². The molecule has 1 aromatic heterocycles. The lowest BCUT2D eigenvalue weighted by atomic mass is 10.2. The van der Waals surface area contributed by atoms with Crippen molar-refractivity contribution in [1.29, 1.82) is 0 Å². The Labute approximate surface area is 135 Å². The molecular weight excluding hydrogens is 316 g/mol. The van der Waals surface area contributed by atoms with Gasteiger partial charge in [-0.2, -0.15) is 5.10 Å². The number of nitrogens with one attached hydrogen (secondary N) is 2. The Bertz CT molecular complexity index is 840. The fourth-order valence-electron chi connectivity index (χ4n) is 2.19. The molecule has 2 N–H and O–H groups in total. The van der Waals surface area contributed by atoms with Crippen LogP contribution in [0.1, 0.15) is 22.5 Å². The van der Waals surface area contributed by atoms with E-state index in [4.69, 9.17) is 0 Å². The third-order valence-corrected chi connectivity index (χ3v) is 4.74. The first-order valence-electron chi connectivity index (χ1n) is 7.08. The fraction of sp³-hybridized carbons (Fsp3) is 0.333. The van der Waals surface area contributed by atoms with E-state index < -0.39 is 15.9 Å². The number of aromatic nitrogens is 2. The number of carbonyl (C=O) groups is 1. The van der Waals surface area contributed by atoms with Crippen molar-refractivity contribution in [1.82, 2.24) is 20.0 Å². The molecule has 0 bridgehead atoms. The number of hydrazine groups is 1. The Morgan fingerprint density at radius 1 is 1.17 bits per heavy atom. The lowest BCUT2D eigenvalue weighted by Gasteiger charge is -2.11. The average Bonchev–Trinajstić information content (AvgIpc) is 2.77. The van der Waals surface area contributed by atoms with E-state index >= 15 is 0 Å². The highest BCUT2D eigenvalue weighted by Gasteiger charge is 2.18. The van der Waals surface area contributed by atoms with Crippen molar-refractivity contribution >= 4 is 15.9 Å². The molecule has 0 atom stereocenters. The number of carbonyl (C=O) groups excluding carboxylic acids is 1. The molecule has 0 aliphatic rings. The number of hydrogen-bond donors (Lipinski definition) is 2. The van der Waals surface area contributed by atoms with E-state index in [0.717, 1.165) is 17.0 Å². The van der Waals surface area contributed by atoms with Crippen molar-refractivity contribution in [2.75, 3.05) is 0 Å². The molecule has 2 aromatic rings. The summed E-state index contributed by atoms with van der Waals surface area (Å²) < 4.78 is 26.1.